The molecule has 6 heteroatoms. The first-order chi connectivity index (χ1) is 11.8. The molecule has 0 fully saturated rings. The van der Waals surface area contributed by atoms with Crippen molar-refractivity contribution in [3.8, 4) is 11.3 Å². The Morgan fingerprint density at radius 3 is 2.96 bits per heavy atom. The smallest absolute Gasteiger partial charge is 0.261 e. The number of aromatic nitrogens is 2. The molecule has 1 aromatic carbocycles. The Hall–Kier alpha value is -2.44. The second kappa shape index (κ2) is 6.59. The number of carbonyl (C=O) groups is 1. The van der Waals surface area contributed by atoms with Gasteiger partial charge in [0.15, 0.2) is 0 Å². The Labute approximate surface area is 147 Å². The number of fused-ring (bicyclic) bond motifs is 1. The van der Waals surface area contributed by atoms with E-state index in [1.54, 1.807) is 11.3 Å². The Balaban J connectivity index is 1.36. The van der Waals surface area contributed by atoms with Crippen molar-refractivity contribution in [3.05, 3.63) is 64.3 Å². The minimum atomic E-state index is -0.0265. The number of thiophene rings is 2. The van der Waals surface area contributed by atoms with Crippen molar-refractivity contribution < 1.29 is 4.79 Å². The SMILES string of the molecule is O=C(NCCn1ccc(-c2ccsc2)n1)c1cc2ccccc2s1. The van der Waals surface area contributed by atoms with Crippen LogP contribution in [0.2, 0.25) is 0 Å². The van der Waals surface area contributed by atoms with Crippen LogP contribution in [0.3, 0.4) is 0 Å². The molecule has 24 heavy (non-hydrogen) atoms. The molecule has 0 saturated heterocycles. The zero-order chi connectivity index (χ0) is 16.4. The van der Waals surface area contributed by atoms with Crippen molar-refractivity contribution in [3.63, 3.8) is 0 Å². The summed E-state index contributed by atoms with van der Waals surface area (Å²) in [4.78, 5) is 13.0. The van der Waals surface area contributed by atoms with Gasteiger partial charge < -0.3 is 5.32 Å². The predicted octanol–water partition coefficient (Wildman–Crippen LogP) is 4.26. The number of nitrogens with one attached hydrogen (secondary N) is 1. The lowest BCUT2D eigenvalue weighted by Gasteiger charge is -2.03. The van der Waals surface area contributed by atoms with Crippen molar-refractivity contribution >= 4 is 38.7 Å². The van der Waals surface area contributed by atoms with E-state index in [1.807, 2.05) is 52.7 Å². The molecule has 3 heterocycles. The van der Waals surface area contributed by atoms with Gasteiger partial charge in [0.05, 0.1) is 17.1 Å². The average molecular weight is 353 g/mol. The van der Waals surface area contributed by atoms with Gasteiger partial charge in [-0.25, -0.2) is 0 Å². The number of amides is 1. The van der Waals surface area contributed by atoms with Gasteiger partial charge in [0.25, 0.3) is 5.91 Å². The van der Waals surface area contributed by atoms with Gasteiger partial charge in [-0.3, -0.25) is 9.48 Å². The van der Waals surface area contributed by atoms with Crippen LogP contribution in [0.15, 0.2) is 59.4 Å². The maximum Gasteiger partial charge on any atom is 0.261 e. The van der Waals surface area contributed by atoms with E-state index in [4.69, 9.17) is 0 Å². The summed E-state index contributed by atoms with van der Waals surface area (Å²) in [5, 5.41) is 12.7. The van der Waals surface area contributed by atoms with E-state index in [0.717, 1.165) is 26.2 Å². The van der Waals surface area contributed by atoms with Crippen LogP contribution in [-0.4, -0.2) is 22.2 Å². The van der Waals surface area contributed by atoms with Crippen LogP contribution in [0.25, 0.3) is 21.3 Å². The zero-order valence-corrected chi connectivity index (χ0v) is 14.4. The van der Waals surface area contributed by atoms with Crippen LogP contribution in [-0.2, 0) is 6.54 Å². The minimum Gasteiger partial charge on any atom is -0.349 e. The van der Waals surface area contributed by atoms with Gasteiger partial charge in [-0.1, -0.05) is 18.2 Å². The number of hydrogen-bond donors (Lipinski definition) is 1. The van der Waals surface area contributed by atoms with Crippen LogP contribution < -0.4 is 5.32 Å². The molecule has 0 aliphatic heterocycles. The van der Waals surface area contributed by atoms with Gasteiger partial charge >= 0.3 is 0 Å². The summed E-state index contributed by atoms with van der Waals surface area (Å²) in [6.07, 6.45) is 1.94. The molecule has 0 spiro atoms. The summed E-state index contributed by atoms with van der Waals surface area (Å²) < 4.78 is 2.99. The molecule has 120 valence electrons. The quantitative estimate of drug-likeness (QED) is 0.583. The fourth-order valence-electron chi connectivity index (χ4n) is 2.52. The van der Waals surface area contributed by atoms with E-state index in [2.05, 4.69) is 21.9 Å². The molecule has 4 aromatic rings. The fraction of sp³-hybridized carbons (Fsp3) is 0.111. The highest BCUT2D eigenvalue weighted by molar-refractivity contribution is 7.20. The lowest BCUT2D eigenvalue weighted by Crippen LogP contribution is -2.26. The molecule has 3 aromatic heterocycles. The van der Waals surface area contributed by atoms with Gasteiger partial charge in [-0.15, -0.1) is 11.3 Å². The van der Waals surface area contributed by atoms with Gasteiger partial charge in [0, 0.05) is 28.4 Å². The minimum absolute atomic E-state index is 0.0265. The topological polar surface area (TPSA) is 46.9 Å². The van der Waals surface area contributed by atoms with E-state index in [9.17, 15) is 4.79 Å². The number of hydrogen-bond acceptors (Lipinski definition) is 4. The standard InChI is InChI=1S/C18H15N3OS2/c22-18(17-11-13-3-1-2-4-16(13)24-17)19-7-9-21-8-5-15(20-21)14-6-10-23-12-14/h1-6,8,10-12H,7,9H2,(H,19,22). The van der Waals surface area contributed by atoms with Crippen LogP contribution >= 0.6 is 22.7 Å². The predicted molar refractivity (Wildman–Crippen MR) is 99.7 cm³/mol. The molecule has 0 atom stereocenters. The maximum absolute atomic E-state index is 12.3. The summed E-state index contributed by atoms with van der Waals surface area (Å²) in [7, 11) is 0. The molecule has 0 unspecified atom stereocenters. The average Bonchev–Trinajstić information content (AvgIpc) is 3.33. The summed E-state index contributed by atoms with van der Waals surface area (Å²) in [6.45, 7) is 1.21. The van der Waals surface area contributed by atoms with E-state index < -0.39 is 0 Å². The van der Waals surface area contributed by atoms with Crippen molar-refractivity contribution in [2.75, 3.05) is 6.54 Å². The van der Waals surface area contributed by atoms with E-state index in [0.29, 0.717) is 13.1 Å². The zero-order valence-electron chi connectivity index (χ0n) is 12.8. The van der Waals surface area contributed by atoms with Crippen molar-refractivity contribution in [1.82, 2.24) is 15.1 Å². The fourth-order valence-corrected chi connectivity index (χ4v) is 4.14. The van der Waals surface area contributed by atoms with E-state index >= 15 is 0 Å². The van der Waals surface area contributed by atoms with Crippen molar-refractivity contribution in [2.45, 2.75) is 6.54 Å². The molecule has 0 aliphatic carbocycles. The Morgan fingerprint density at radius 1 is 1.21 bits per heavy atom. The Kier molecular flexibility index (Phi) is 4.15. The molecule has 1 N–H and O–H groups in total. The largest absolute Gasteiger partial charge is 0.349 e. The Morgan fingerprint density at radius 2 is 2.12 bits per heavy atom. The molecular weight excluding hydrogens is 338 g/mol. The second-order valence-corrected chi connectivity index (χ2v) is 7.24. The lowest BCUT2D eigenvalue weighted by molar-refractivity contribution is 0.0956. The first-order valence-corrected chi connectivity index (χ1v) is 9.38. The molecule has 0 bridgehead atoms. The van der Waals surface area contributed by atoms with Crippen molar-refractivity contribution in [1.29, 1.82) is 0 Å². The third kappa shape index (κ3) is 3.11. The van der Waals surface area contributed by atoms with Crippen LogP contribution in [0.4, 0.5) is 0 Å². The third-order valence-corrected chi connectivity index (χ3v) is 5.53. The van der Waals surface area contributed by atoms with Crippen LogP contribution in [0.5, 0.6) is 0 Å². The van der Waals surface area contributed by atoms with Gasteiger partial charge in [-0.05, 0) is 35.0 Å². The van der Waals surface area contributed by atoms with Crippen LogP contribution in [0.1, 0.15) is 9.67 Å². The highest BCUT2D eigenvalue weighted by atomic mass is 32.1. The highest BCUT2D eigenvalue weighted by Gasteiger charge is 2.09. The molecule has 4 rings (SSSR count). The van der Waals surface area contributed by atoms with E-state index in [1.165, 1.54) is 11.3 Å². The number of rotatable bonds is 5. The molecular formula is C18H15N3OS2. The van der Waals surface area contributed by atoms with Crippen molar-refractivity contribution in [2.24, 2.45) is 0 Å². The summed E-state index contributed by atoms with van der Waals surface area (Å²) in [6, 6.07) is 14.0. The Bertz CT molecular complexity index is 936. The third-order valence-electron chi connectivity index (χ3n) is 3.73. The van der Waals surface area contributed by atoms with Gasteiger partial charge in [0.2, 0.25) is 0 Å². The first kappa shape index (κ1) is 15.1. The molecule has 0 aliphatic rings. The molecule has 4 nitrogen and oxygen atoms in total. The van der Waals surface area contributed by atoms with Gasteiger partial charge in [0.1, 0.15) is 0 Å². The monoisotopic (exact) mass is 353 g/mol. The number of benzene rings is 1. The number of carbonyl (C=O) groups excluding carboxylic acids is 1. The maximum atomic E-state index is 12.3. The summed E-state index contributed by atoms with van der Waals surface area (Å²) in [5.41, 5.74) is 2.10. The molecule has 0 radical (unpaired) electrons. The summed E-state index contributed by atoms with van der Waals surface area (Å²) >= 11 is 3.18. The number of nitrogens with zero attached hydrogens (tertiary/aromatic N) is 2. The first-order valence-electron chi connectivity index (χ1n) is 7.62. The highest BCUT2D eigenvalue weighted by Crippen LogP contribution is 2.25. The van der Waals surface area contributed by atoms with E-state index in [-0.39, 0.29) is 5.91 Å². The summed E-state index contributed by atoms with van der Waals surface area (Å²) in [5.74, 6) is -0.0265. The second-order valence-electron chi connectivity index (χ2n) is 5.38. The molecule has 1 amide bonds. The van der Waals surface area contributed by atoms with Crippen LogP contribution in [0, 0.1) is 0 Å². The van der Waals surface area contributed by atoms with Gasteiger partial charge in [-0.2, -0.15) is 16.4 Å². The normalized spacial score (nSPS) is 11.0. The molecule has 0 saturated carbocycles. The lowest BCUT2D eigenvalue weighted by atomic mass is 10.2.